The van der Waals surface area contributed by atoms with Crippen LogP contribution < -0.4 is 0 Å². The van der Waals surface area contributed by atoms with Crippen molar-refractivity contribution in [1.29, 1.82) is 0 Å². The van der Waals surface area contributed by atoms with Gasteiger partial charge in [-0.3, -0.25) is 4.79 Å². The van der Waals surface area contributed by atoms with Gasteiger partial charge in [-0.1, -0.05) is 168 Å². The average Bonchev–Trinajstić information content (AvgIpc) is 2.88. The summed E-state index contributed by atoms with van der Waals surface area (Å²) in [5.41, 5.74) is 0. The zero-order valence-corrected chi connectivity index (χ0v) is 25.4. The molecule has 0 spiro atoms. The second kappa shape index (κ2) is 30.7. The van der Waals surface area contributed by atoms with Gasteiger partial charge in [-0.15, -0.1) is 0 Å². The van der Waals surface area contributed by atoms with Gasteiger partial charge in [0.05, 0.1) is 0 Å². The Morgan fingerprint density at radius 3 is 1.06 bits per heavy atom. The summed E-state index contributed by atoms with van der Waals surface area (Å²) in [7, 11) is 0. The third-order valence-electron chi connectivity index (χ3n) is 7.79. The van der Waals surface area contributed by atoms with Crippen LogP contribution in [0, 0.1) is 0 Å². The van der Waals surface area contributed by atoms with Crippen molar-refractivity contribution >= 4 is 5.97 Å². The largest absolute Gasteiger partial charge is 0.462 e. The number of ether oxygens (including phenoxy) is 1. The summed E-state index contributed by atoms with van der Waals surface area (Å²) in [6, 6.07) is 0. The fraction of sp³-hybridized carbons (Fsp3) is 0.971. The number of hydrogen-bond acceptors (Lipinski definition) is 2. The van der Waals surface area contributed by atoms with Gasteiger partial charge < -0.3 is 4.74 Å². The lowest BCUT2D eigenvalue weighted by molar-refractivity contribution is -0.150. The molecule has 0 saturated carbocycles. The summed E-state index contributed by atoms with van der Waals surface area (Å²) in [4.78, 5) is 12.5. The van der Waals surface area contributed by atoms with Crippen LogP contribution in [-0.2, 0) is 9.53 Å². The Kier molecular flexibility index (Phi) is 30.2. The van der Waals surface area contributed by atoms with Crippen LogP contribution in [0.4, 0.5) is 0 Å². The van der Waals surface area contributed by atoms with Crippen LogP contribution >= 0.6 is 0 Å². The summed E-state index contributed by atoms with van der Waals surface area (Å²) in [6.07, 6.45) is 37.7. The van der Waals surface area contributed by atoms with Crippen LogP contribution in [0.5, 0.6) is 0 Å². The molecule has 2 nitrogen and oxygen atoms in total. The number of hydrogen-bond donors (Lipinski definition) is 0. The fourth-order valence-corrected chi connectivity index (χ4v) is 5.28. The van der Waals surface area contributed by atoms with E-state index in [9.17, 15) is 4.79 Å². The predicted molar refractivity (Wildman–Crippen MR) is 161 cm³/mol. The number of rotatable bonds is 30. The van der Waals surface area contributed by atoms with E-state index in [1.54, 1.807) is 0 Å². The molecular formula is C34H68O2. The van der Waals surface area contributed by atoms with Crippen molar-refractivity contribution in [1.82, 2.24) is 0 Å². The molecule has 0 fully saturated rings. The topological polar surface area (TPSA) is 26.3 Å². The Bertz CT molecular complexity index is 419. The van der Waals surface area contributed by atoms with Gasteiger partial charge in [-0.2, -0.15) is 0 Å². The van der Waals surface area contributed by atoms with Gasteiger partial charge >= 0.3 is 5.97 Å². The molecule has 0 aromatic carbocycles. The number of carbonyl (C=O) groups is 1. The first kappa shape index (κ1) is 35.5. The molecule has 0 heterocycles. The minimum atomic E-state index is 0.0631. The maximum absolute atomic E-state index is 12.5. The minimum Gasteiger partial charge on any atom is -0.462 e. The van der Waals surface area contributed by atoms with Gasteiger partial charge in [0.25, 0.3) is 0 Å². The maximum atomic E-state index is 12.5. The van der Waals surface area contributed by atoms with Gasteiger partial charge in [-0.05, 0) is 32.1 Å². The van der Waals surface area contributed by atoms with Crippen LogP contribution in [0.1, 0.15) is 207 Å². The first-order chi connectivity index (χ1) is 17.7. The molecule has 0 amide bonds. The molecule has 0 aliphatic heterocycles. The monoisotopic (exact) mass is 509 g/mol. The molecule has 0 saturated heterocycles. The van der Waals surface area contributed by atoms with Crippen LogP contribution in [0.3, 0.4) is 0 Å². The summed E-state index contributed by atoms with van der Waals surface area (Å²) in [6.45, 7) is 6.82. The highest BCUT2D eigenvalue weighted by atomic mass is 16.5. The average molecular weight is 509 g/mol. The van der Waals surface area contributed by atoms with E-state index in [-0.39, 0.29) is 12.1 Å². The Morgan fingerprint density at radius 1 is 0.417 bits per heavy atom. The van der Waals surface area contributed by atoms with Crippen LogP contribution in [-0.4, -0.2) is 12.1 Å². The zero-order chi connectivity index (χ0) is 26.4. The molecule has 216 valence electrons. The molecule has 2 heteroatoms. The molecule has 36 heavy (non-hydrogen) atoms. The summed E-state index contributed by atoms with van der Waals surface area (Å²) < 4.78 is 5.96. The zero-order valence-electron chi connectivity index (χ0n) is 25.4. The quantitative estimate of drug-likeness (QED) is 0.0712. The lowest BCUT2D eigenvalue weighted by Crippen LogP contribution is -2.18. The molecule has 1 unspecified atom stereocenters. The van der Waals surface area contributed by atoms with Crippen molar-refractivity contribution < 1.29 is 9.53 Å². The molecular weight excluding hydrogens is 440 g/mol. The van der Waals surface area contributed by atoms with Crippen LogP contribution in [0.2, 0.25) is 0 Å². The Hall–Kier alpha value is -0.530. The first-order valence-electron chi connectivity index (χ1n) is 16.9. The standard InChI is InChI=1S/C34H68O2/c1-4-7-10-13-15-16-17-18-19-20-21-22-24-26-29-32-34(35)36-33(30-27-12-9-6-3)31-28-25-23-14-11-8-5-2/h33H,4-32H2,1-3H3. The number of carbonyl (C=O) groups excluding carboxylic acids is 1. The molecule has 0 aliphatic carbocycles. The highest BCUT2D eigenvalue weighted by Crippen LogP contribution is 2.18. The smallest absolute Gasteiger partial charge is 0.306 e. The molecule has 0 aromatic heterocycles. The van der Waals surface area contributed by atoms with Gasteiger partial charge in [0.2, 0.25) is 0 Å². The normalized spacial score (nSPS) is 12.2. The van der Waals surface area contributed by atoms with E-state index in [4.69, 9.17) is 4.74 Å². The second-order valence-corrected chi connectivity index (χ2v) is 11.6. The first-order valence-corrected chi connectivity index (χ1v) is 16.9. The summed E-state index contributed by atoms with van der Waals surface area (Å²) in [5.74, 6) is 0.0631. The van der Waals surface area contributed by atoms with Crippen molar-refractivity contribution in [3.8, 4) is 0 Å². The Labute approximate surface area is 228 Å². The molecule has 0 N–H and O–H groups in total. The van der Waals surface area contributed by atoms with Gasteiger partial charge in [0, 0.05) is 6.42 Å². The van der Waals surface area contributed by atoms with Crippen molar-refractivity contribution in [2.45, 2.75) is 213 Å². The Balaban J connectivity index is 3.71. The number of esters is 1. The summed E-state index contributed by atoms with van der Waals surface area (Å²) in [5, 5.41) is 0. The Morgan fingerprint density at radius 2 is 0.694 bits per heavy atom. The molecule has 0 radical (unpaired) electrons. The highest BCUT2D eigenvalue weighted by molar-refractivity contribution is 5.69. The van der Waals surface area contributed by atoms with E-state index in [1.807, 2.05) is 0 Å². The van der Waals surface area contributed by atoms with Gasteiger partial charge in [-0.25, -0.2) is 0 Å². The molecule has 0 aromatic rings. The molecule has 0 bridgehead atoms. The van der Waals surface area contributed by atoms with E-state index in [1.165, 1.54) is 161 Å². The van der Waals surface area contributed by atoms with Crippen LogP contribution in [0.15, 0.2) is 0 Å². The number of unbranched alkanes of at least 4 members (excludes halogenated alkanes) is 23. The molecule has 0 rings (SSSR count). The molecule has 1 atom stereocenters. The van der Waals surface area contributed by atoms with E-state index in [0.717, 1.165) is 19.3 Å². The van der Waals surface area contributed by atoms with Crippen LogP contribution in [0.25, 0.3) is 0 Å². The van der Waals surface area contributed by atoms with Crippen molar-refractivity contribution in [3.05, 3.63) is 0 Å². The SMILES string of the molecule is CCCCCCCCCCCCCCCCCC(=O)OC(CCCCCC)CCCCCCCCC. The van der Waals surface area contributed by atoms with Crippen molar-refractivity contribution in [2.75, 3.05) is 0 Å². The lowest BCUT2D eigenvalue weighted by Gasteiger charge is -2.18. The van der Waals surface area contributed by atoms with E-state index in [2.05, 4.69) is 20.8 Å². The highest BCUT2D eigenvalue weighted by Gasteiger charge is 2.14. The van der Waals surface area contributed by atoms with Crippen molar-refractivity contribution in [2.24, 2.45) is 0 Å². The summed E-state index contributed by atoms with van der Waals surface area (Å²) >= 11 is 0. The third kappa shape index (κ3) is 28.0. The van der Waals surface area contributed by atoms with Gasteiger partial charge in [0.15, 0.2) is 0 Å². The maximum Gasteiger partial charge on any atom is 0.306 e. The molecule has 0 aliphatic rings. The lowest BCUT2D eigenvalue weighted by atomic mass is 10.0. The second-order valence-electron chi connectivity index (χ2n) is 11.6. The third-order valence-corrected chi connectivity index (χ3v) is 7.79. The van der Waals surface area contributed by atoms with E-state index < -0.39 is 0 Å². The van der Waals surface area contributed by atoms with Crippen molar-refractivity contribution in [3.63, 3.8) is 0 Å². The van der Waals surface area contributed by atoms with E-state index in [0.29, 0.717) is 6.42 Å². The minimum absolute atomic E-state index is 0.0631. The van der Waals surface area contributed by atoms with E-state index >= 15 is 0 Å². The predicted octanol–water partition coefficient (Wildman–Crippen LogP) is 12.3. The fourth-order valence-electron chi connectivity index (χ4n) is 5.28. The van der Waals surface area contributed by atoms with Gasteiger partial charge in [0.1, 0.15) is 6.10 Å².